The number of piperidine rings is 1. The molecular weight excluding hydrogens is 426 g/mol. The number of aliphatic hydroxyl groups excluding tert-OH is 1. The molecular formula is C23H21N5O5. The van der Waals surface area contributed by atoms with Crippen LogP contribution in [-0.2, 0) is 29.3 Å². The van der Waals surface area contributed by atoms with E-state index in [1.165, 1.54) is 4.90 Å². The standard InChI is InChI=1S/C23H21N5O5/c29-12-14-2-1-3-18(8-14)33-13-16-11-28(26-25-16)17-4-5-19-15(9-17)10-27(23(19)32)20-6-7-21(30)24-22(20)31/h1-5,8-9,11,20,29H,6-7,10,12-13H2,(H,24,30,31). The summed E-state index contributed by atoms with van der Waals surface area (Å²) in [7, 11) is 0. The van der Waals surface area contributed by atoms with Crippen LogP contribution in [0.4, 0.5) is 0 Å². The fourth-order valence-electron chi connectivity index (χ4n) is 4.08. The van der Waals surface area contributed by atoms with Gasteiger partial charge in [0.1, 0.15) is 24.1 Å². The van der Waals surface area contributed by atoms with Gasteiger partial charge in [0.2, 0.25) is 11.8 Å². The molecule has 2 aromatic carbocycles. The lowest BCUT2D eigenvalue weighted by molar-refractivity contribution is -0.136. The summed E-state index contributed by atoms with van der Waals surface area (Å²) in [5, 5.41) is 19.8. The second-order valence-electron chi connectivity index (χ2n) is 7.99. The highest BCUT2D eigenvalue weighted by Crippen LogP contribution is 2.29. The molecule has 2 aliphatic heterocycles. The topological polar surface area (TPSA) is 127 Å². The van der Waals surface area contributed by atoms with E-state index in [0.29, 0.717) is 30.0 Å². The van der Waals surface area contributed by atoms with Crippen LogP contribution < -0.4 is 10.1 Å². The Hall–Kier alpha value is -4.05. The maximum absolute atomic E-state index is 12.8. The van der Waals surface area contributed by atoms with Gasteiger partial charge >= 0.3 is 0 Å². The van der Waals surface area contributed by atoms with Crippen LogP contribution in [0.1, 0.15) is 40.0 Å². The summed E-state index contributed by atoms with van der Waals surface area (Å²) in [5.41, 5.74) is 3.43. The maximum atomic E-state index is 12.8. The molecule has 1 fully saturated rings. The van der Waals surface area contributed by atoms with Crippen LogP contribution in [0.5, 0.6) is 5.75 Å². The Labute approximate surface area is 188 Å². The second kappa shape index (κ2) is 8.47. The third-order valence-corrected chi connectivity index (χ3v) is 5.78. The summed E-state index contributed by atoms with van der Waals surface area (Å²) in [4.78, 5) is 38.0. The number of rotatable bonds is 6. The minimum absolute atomic E-state index is 0.0603. The van der Waals surface area contributed by atoms with Crippen molar-refractivity contribution in [3.8, 4) is 11.4 Å². The summed E-state index contributed by atoms with van der Waals surface area (Å²) in [6.45, 7) is 0.441. The van der Waals surface area contributed by atoms with E-state index >= 15 is 0 Å². The smallest absolute Gasteiger partial charge is 0.255 e. The Balaban J connectivity index is 1.29. The van der Waals surface area contributed by atoms with Gasteiger partial charge in [0, 0.05) is 18.5 Å². The molecule has 1 unspecified atom stereocenters. The molecule has 3 amide bonds. The molecule has 0 bridgehead atoms. The number of carbonyl (C=O) groups is 3. The van der Waals surface area contributed by atoms with Gasteiger partial charge < -0.3 is 14.7 Å². The number of nitrogens with one attached hydrogen (secondary N) is 1. The number of imide groups is 1. The predicted molar refractivity (Wildman–Crippen MR) is 114 cm³/mol. The molecule has 3 heterocycles. The Morgan fingerprint density at radius 2 is 2.03 bits per heavy atom. The normalized spacial score (nSPS) is 17.8. The van der Waals surface area contributed by atoms with Crippen LogP contribution in [0, 0.1) is 0 Å². The Morgan fingerprint density at radius 1 is 1.15 bits per heavy atom. The van der Waals surface area contributed by atoms with Gasteiger partial charge in [-0.15, -0.1) is 5.10 Å². The van der Waals surface area contributed by atoms with Gasteiger partial charge in [0.05, 0.1) is 18.5 Å². The SMILES string of the molecule is O=C1CCC(N2Cc3cc(-n4cc(COc5cccc(CO)c5)nn4)ccc3C2=O)C(=O)N1. The summed E-state index contributed by atoms with van der Waals surface area (Å²) < 4.78 is 7.33. The van der Waals surface area contributed by atoms with Crippen molar-refractivity contribution in [2.24, 2.45) is 0 Å². The van der Waals surface area contributed by atoms with E-state index in [-0.39, 0.29) is 31.4 Å². The minimum Gasteiger partial charge on any atom is -0.487 e. The number of carbonyl (C=O) groups excluding carboxylic acids is 3. The lowest BCUT2D eigenvalue weighted by Gasteiger charge is -2.29. The molecule has 0 radical (unpaired) electrons. The number of ether oxygens (including phenoxy) is 1. The zero-order chi connectivity index (χ0) is 22.9. The average molecular weight is 447 g/mol. The van der Waals surface area contributed by atoms with Gasteiger partial charge in [-0.25, -0.2) is 4.68 Å². The number of hydrogen-bond donors (Lipinski definition) is 2. The average Bonchev–Trinajstić information content (AvgIpc) is 3.42. The van der Waals surface area contributed by atoms with Crippen LogP contribution >= 0.6 is 0 Å². The van der Waals surface area contributed by atoms with Crippen molar-refractivity contribution < 1.29 is 24.2 Å². The van der Waals surface area contributed by atoms with Gasteiger partial charge in [-0.05, 0) is 47.9 Å². The van der Waals surface area contributed by atoms with Crippen molar-refractivity contribution in [2.75, 3.05) is 0 Å². The third-order valence-electron chi connectivity index (χ3n) is 5.78. The quantitative estimate of drug-likeness (QED) is 0.542. The summed E-state index contributed by atoms with van der Waals surface area (Å²) in [5.74, 6) is -0.336. The minimum atomic E-state index is -0.648. The molecule has 0 saturated carbocycles. The zero-order valence-electron chi connectivity index (χ0n) is 17.6. The molecule has 2 N–H and O–H groups in total. The van der Waals surface area contributed by atoms with Crippen molar-refractivity contribution in [2.45, 2.75) is 38.6 Å². The number of amides is 3. The third kappa shape index (κ3) is 4.08. The summed E-state index contributed by atoms with van der Waals surface area (Å²) in [6.07, 6.45) is 2.28. The van der Waals surface area contributed by atoms with Crippen LogP contribution in [-0.4, -0.2) is 48.8 Å². The first kappa shape index (κ1) is 20.8. The molecule has 3 aromatic rings. The van der Waals surface area contributed by atoms with Crippen molar-refractivity contribution in [1.29, 1.82) is 0 Å². The summed E-state index contributed by atoms with van der Waals surface area (Å²) in [6, 6.07) is 11.9. The highest BCUT2D eigenvalue weighted by atomic mass is 16.5. The fourth-order valence-corrected chi connectivity index (χ4v) is 4.08. The van der Waals surface area contributed by atoms with E-state index in [1.54, 1.807) is 35.1 Å². The molecule has 10 heteroatoms. The first-order valence-corrected chi connectivity index (χ1v) is 10.5. The molecule has 168 valence electrons. The van der Waals surface area contributed by atoms with Gasteiger partial charge in [0.25, 0.3) is 5.91 Å². The predicted octanol–water partition coefficient (Wildman–Crippen LogP) is 1.10. The van der Waals surface area contributed by atoms with Gasteiger partial charge in [-0.2, -0.15) is 0 Å². The van der Waals surface area contributed by atoms with Crippen molar-refractivity contribution in [3.63, 3.8) is 0 Å². The van der Waals surface area contributed by atoms with Gasteiger partial charge in [-0.1, -0.05) is 17.3 Å². The number of aromatic nitrogens is 3. The largest absolute Gasteiger partial charge is 0.487 e. The van der Waals surface area contributed by atoms with Crippen molar-refractivity contribution >= 4 is 17.7 Å². The number of nitrogens with zero attached hydrogens (tertiary/aromatic N) is 4. The Bertz CT molecular complexity index is 1250. The maximum Gasteiger partial charge on any atom is 0.255 e. The van der Waals surface area contributed by atoms with Gasteiger partial charge in [-0.3, -0.25) is 19.7 Å². The highest BCUT2D eigenvalue weighted by molar-refractivity contribution is 6.05. The molecule has 2 aliphatic rings. The van der Waals surface area contributed by atoms with E-state index in [1.807, 2.05) is 18.2 Å². The van der Waals surface area contributed by atoms with Crippen molar-refractivity contribution in [1.82, 2.24) is 25.2 Å². The van der Waals surface area contributed by atoms with E-state index in [9.17, 15) is 19.5 Å². The molecule has 33 heavy (non-hydrogen) atoms. The van der Waals surface area contributed by atoms with Crippen LogP contribution in [0.15, 0.2) is 48.7 Å². The number of hydrogen-bond acceptors (Lipinski definition) is 7. The molecule has 10 nitrogen and oxygen atoms in total. The van der Waals surface area contributed by atoms with Crippen LogP contribution in [0.3, 0.4) is 0 Å². The Kier molecular flexibility index (Phi) is 5.35. The first-order chi connectivity index (χ1) is 16.0. The monoisotopic (exact) mass is 447 g/mol. The summed E-state index contributed by atoms with van der Waals surface area (Å²) >= 11 is 0. The number of benzene rings is 2. The van der Waals surface area contributed by atoms with E-state index in [2.05, 4.69) is 15.6 Å². The second-order valence-corrected chi connectivity index (χ2v) is 7.99. The molecule has 1 atom stereocenters. The number of aliphatic hydroxyl groups is 1. The first-order valence-electron chi connectivity index (χ1n) is 10.5. The van der Waals surface area contributed by atoms with Crippen LogP contribution in [0.25, 0.3) is 5.69 Å². The fraction of sp³-hybridized carbons (Fsp3) is 0.261. The molecule has 0 spiro atoms. The van der Waals surface area contributed by atoms with E-state index in [4.69, 9.17) is 4.74 Å². The van der Waals surface area contributed by atoms with Crippen LogP contribution in [0.2, 0.25) is 0 Å². The van der Waals surface area contributed by atoms with Crippen molar-refractivity contribution in [3.05, 3.63) is 71.0 Å². The Morgan fingerprint density at radius 3 is 2.85 bits per heavy atom. The van der Waals surface area contributed by atoms with E-state index in [0.717, 1.165) is 16.8 Å². The lowest BCUT2D eigenvalue weighted by Crippen LogP contribution is -2.52. The lowest BCUT2D eigenvalue weighted by atomic mass is 10.0. The number of fused-ring (bicyclic) bond motifs is 1. The molecule has 1 saturated heterocycles. The van der Waals surface area contributed by atoms with Gasteiger partial charge in [0.15, 0.2) is 0 Å². The zero-order valence-corrected chi connectivity index (χ0v) is 17.6. The molecule has 5 rings (SSSR count). The molecule has 0 aliphatic carbocycles. The molecule has 1 aromatic heterocycles. The van der Waals surface area contributed by atoms with E-state index < -0.39 is 11.9 Å². The highest BCUT2D eigenvalue weighted by Gasteiger charge is 2.39.